The van der Waals surface area contributed by atoms with Crippen LogP contribution in [0.1, 0.15) is 57.8 Å². The highest BCUT2D eigenvalue weighted by Gasteiger charge is 2.22. The highest BCUT2D eigenvalue weighted by Crippen LogP contribution is 2.33. The molecule has 1 aromatic rings. The van der Waals surface area contributed by atoms with Gasteiger partial charge in [-0.15, -0.1) is 11.8 Å². The van der Waals surface area contributed by atoms with Crippen molar-refractivity contribution < 1.29 is 0 Å². The molecule has 1 aliphatic rings. The van der Waals surface area contributed by atoms with Crippen LogP contribution in [0.4, 0.5) is 5.82 Å². The van der Waals surface area contributed by atoms with Gasteiger partial charge in [-0.2, -0.15) is 0 Å². The van der Waals surface area contributed by atoms with Crippen molar-refractivity contribution in [1.29, 1.82) is 0 Å². The predicted octanol–water partition coefficient (Wildman–Crippen LogP) is 3.65. The lowest BCUT2D eigenvalue weighted by Gasteiger charge is -2.20. The number of hydrogen-bond acceptors (Lipinski definition) is 5. The number of nitrogens with one attached hydrogen (secondary N) is 1. The second kappa shape index (κ2) is 6.31. The standard InChI is InChI=1S/C15H26N4S/c1-10-12(19-16)17-14(15(2,3)4)18-13(10)20-9-11-7-5-6-8-11/h11H,5-9,16H2,1-4H3,(H,17,18,19). The van der Waals surface area contributed by atoms with Gasteiger partial charge in [0.25, 0.3) is 0 Å². The zero-order chi connectivity index (χ0) is 14.8. The minimum Gasteiger partial charge on any atom is -0.308 e. The molecule has 5 heteroatoms. The van der Waals surface area contributed by atoms with Crippen LogP contribution in [-0.4, -0.2) is 15.7 Å². The van der Waals surface area contributed by atoms with E-state index in [4.69, 9.17) is 10.8 Å². The predicted molar refractivity (Wildman–Crippen MR) is 86.0 cm³/mol. The zero-order valence-corrected chi connectivity index (χ0v) is 13.8. The van der Waals surface area contributed by atoms with Gasteiger partial charge in [-0.3, -0.25) is 0 Å². The molecule has 0 amide bonds. The lowest BCUT2D eigenvalue weighted by molar-refractivity contribution is 0.538. The van der Waals surface area contributed by atoms with Gasteiger partial charge in [-0.1, -0.05) is 33.6 Å². The summed E-state index contributed by atoms with van der Waals surface area (Å²) >= 11 is 1.86. The van der Waals surface area contributed by atoms with Crippen LogP contribution in [0.25, 0.3) is 0 Å². The Bertz CT molecular complexity index is 462. The first-order valence-corrected chi connectivity index (χ1v) is 8.39. The van der Waals surface area contributed by atoms with E-state index in [-0.39, 0.29) is 5.41 Å². The van der Waals surface area contributed by atoms with Crippen molar-refractivity contribution in [2.75, 3.05) is 11.2 Å². The largest absolute Gasteiger partial charge is 0.308 e. The van der Waals surface area contributed by atoms with Crippen molar-refractivity contribution in [2.24, 2.45) is 11.8 Å². The number of rotatable bonds is 4. The Balaban J connectivity index is 2.21. The van der Waals surface area contributed by atoms with Crippen molar-refractivity contribution in [3.05, 3.63) is 11.4 Å². The molecule has 4 nitrogen and oxygen atoms in total. The Kier molecular flexibility index (Phi) is 4.91. The molecule has 0 unspecified atom stereocenters. The number of aromatic nitrogens is 2. The number of anilines is 1. The maximum absolute atomic E-state index is 5.60. The van der Waals surface area contributed by atoms with Gasteiger partial charge in [0.1, 0.15) is 16.7 Å². The van der Waals surface area contributed by atoms with Crippen molar-refractivity contribution in [2.45, 2.75) is 63.8 Å². The molecule has 0 bridgehead atoms. The number of nitrogens with zero attached hydrogens (tertiary/aromatic N) is 2. The Labute approximate surface area is 126 Å². The maximum Gasteiger partial charge on any atom is 0.147 e. The lowest BCUT2D eigenvalue weighted by Crippen LogP contribution is -2.20. The van der Waals surface area contributed by atoms with Crippen LogP contribution in [0, 0.1) is 12.8 Å². The number of nitrogen functional groups attached to an aromatic ring is 1. The van der Waals surface area contributed by atoms with Gasteiger partial charge in [-0.05, 0) is 25.7 Å². The summed E-state index contributed by atoms with van der Waals surface area (Å²) < 4.78 is 0. The number of hydrogen-bond donors (Lipinski definition) is 2. The SMILES string of the molecule is Cc1c(NN)nc(C(C)(C)C)nc1SCC1CCCC1. The molecule has 1 saturated carbocycles. The first kappa shape index (κ1) is 15.6. The van der Waals surface area contributed by atoms with Gasteiger partial charge in [0, 0.05) is 16.7 Å². The Morgan fingerprint density at radius 3 is 2.45 bits per heavy atom. The number of hydrazine groups is 1. The molecule has 0 aliphatic heterocycles. The van der Waals surface area contributed by atoms with Crippen LogP contribution in [0.15, 0.2) is 5.03 Å². The first-order chi connectivity index (χ1) is 9.41. The average molecular weight is 294 g/mol. The van der Waals surface area contributed by atoms with E-state index in [0.717, 1.165) is 33.9 Å². The Hall–Kier alpha value is -0.810. The highest BCUT2D eigenvalue weighted by molar-refractivity contribution is 7.99. The first-order valence-electron chi connectivity index (χ1n) is 7.40. The zero-order valence-electron chi connectivity index (χ0n) is 13.0. The minimum absolute atomic E-state index is 0.0675. The van der Waals surface area contributed by atoms with E-state index in [1.807, 2.05) is 18.7 Å². The third kappa shape index (κ3) is 3.64. The number of thioether (sulfide) groups is 1. The fourth-order valence-electron chi connectivity index (χ4n) is 2.49. The quantitative estimate of drug-likeness (QED) is 0.384. The van der Waals surface area contributed by atoms with Gasteiger partial charge < -0.3 is 5.43 Å². The summed E-state index contributed by atoms with van der Waals surface area (Å²) in [4.78, 5) is 9.31. The summed E-state index contributed by atoms with van der Waals surface area (Å²) in [7, 11) is 0. The van der Waals surface area contributed by atoms with E-state index >= 15 is 0 Å². The molecule has 0 aromatic carbocycles. The average Bonchev–Trinajstić information content (AvgIpc) is 2.89. The summed E-state index contributed by atoms with van der Waals surface area (Å²) in [5.41, 5.74) is 3.70. The molecule has 1 fully saturated rings. The molecule has 2 rings (SSSR count). The molecule has 1 aromatic heterocycles. The van der Waals surface area contributed by atoms with Gasteiger partial charge >= 0.3 is 0 Å². The van der Waals surface area contributed by atoms with E-state index in [1.54, 1.807) is 0 Å². The van der Waals surface area contributed by atoms with Gasteiger partial charge in [0.05, 0.1) is 0 Å². The smallest absolute Gasteiger partial charge is 0.147 e. The van der Waals surface area contributed by atoms with Crippen molar-refractivity contribution in [3.8, 4) is 0 Å². The maximum atomic E-state index is 5.60. The van der Waals surface area contributed by atoms with Crippen LogP contribution < -0.4 is 11.3 Å². The molecule has 0 spiro atoms. The fourth-order valence-corrected chi connectivity index (χ4v) is 3.68. The van der Waals surface area contributed by atoms with Crippen LogP contribution >= 0.6 is 11.8 Å². The molecule has 20 heavy (non-hydrogen) atoms. The van der Waals surface area contributed by atoms with Crippen LogP contribution in [-0.2, 0) is 5.41 Å². The molecule has 0 saturated heterocycles. The molecular weight excluding hydrogens is 268 g/mol. The fraction of sp³-hybridized carbons (Fsp3) is 0.733. The summed E-state index contributed by atoms with van der Waals surface area (Å²) in [5, 5.41) is 1.07. The van der Waals surface area contributed by atoms with Crippen LogP contribution in [0.2, 0.25) is 0 Å². The van der Waals surface area contributed by atoms with E-state index in [0.29, 0.717) is 0 Å². The molecule has 1 aliphatic carbocycles. The Morgan fingerprint density at radius 1 is 1.25 bits per heavy atom. The van der Waals surface area contributed by atoms with E-state index in [1.165, 1.54) is 25.7 Å². The molecule has 0 radical (unpaired) electrons. The third-order valence-electron chi connectivity index (χ3n) is 3.84. The third-order valence-corrected chi connectivity index (χ3v) is 5.15. The molecule has 3 N–H and O–H groups in total. The van der Waals surface area contributed by atoms with Gasteiger partial charge in [0.2, 0.25) is 0 Å². The second-order valence-corrected chi connectivity index (χ2v) is 7.69. The summed E-state index contributed by atoms with van der Waals surface area (Å²) in [6.07, 6.45) is 5.50. The normalized spacial score (nSPS) is 16.6. The molecular formula is C15H26N4S. The summed E-state index contributed by atoms with van der Waals surface area (Å²) in [6, 6.07) is 0. The highest BCUT2D eigenvalue weighted by atomic mass is 32.2. The number of nitrogens with two attached hydrogens (primary N) is 1. The molecule has 0 atom stereocenters. The van der Waals surface area contributed by atoms with Crippen molar-refractivity contribution in [1.82, 2.24) is 9.97 Å². The monoisotopic (exact) mass is 294 g/mol. The van der Waals surface area contributed by atoms with Crippen LogP contribution in [0.5, 0.6) is 0 Å². The Morgan fingerprint density at radius 2 is 1.90 bits per heavy atom. The lowest BCUT2D eigenvalue weighted by atomic mass is 9.95. The second-order valence-electron chi connectivity index (χ2n) is 6.68. The summed E-state index contributed by atoms with van der Waals surface area (Å²) in [6.45, 7) is 8.43. The molecule has 1 heterocycles. The van der Waals surface area contributed by atoms with E-state index in [2.05, 4.69) is 31.2 Å². The van der Waals surface area contributed by atoms with Crippen LogP contribution in [0.3, 0.4) is 0 Å². The van der Waals surface area contributed by atoms with Gasteiger partial charge in [-0.25, -0.2) is 15.8 Å². The summed E-state index contributed by atoms with van der Waals surface area (Å²) in [5.74, 6) is 9.21. The minimum atomic E-state index is -0.0675. The van der Waals surface area contributed by atoms with E-state index < -0.39 is 0 Å². The van der Waals surface area contributed by atoms with E-state index in [9.17, 15) is 0 Å². The van der Waals surface area contributed by atoms with Gasteiger partial charge in [0.15, 0.2) is 0 Å². The van der Waals surface area contributed by atoms with Crippen molar-refractivity contribution in [3.63, 3.8) is 0 Å². The molecule has 112 valence electrons. The topological polar surface area (TPSA) is 63.8 Å². The van der Waals surface area contributed by atoms with Crippen molar-refractivity contribution >= 4 is 17.6 Å².